The van der Waals surface area contributed by atoms with E-state index in [-0.39, 0.29) is 11.5 Å². The minimum Gasteiger partial charge on any atom is -0.327 e. The maximum Gasteiger partial charge on any atom is 0.429 e. The Kier molecular flexibility index (Phi) is 4.11. The average Bonchev–Trinajstić information content (AvgIpc) is 3.05. The van der Waals surface area contributed by atoms with Crippen molar-refractivity contribution in [3.8, 4) is 0 Å². The van der Waals surface area contributed by atoms with E-state index in [0.29, 0.717) is 36.4 Å². The lowest BCUT2D eigenvalue weighted by Crippen LogP contribution is -2.35. The zero-order valence-electron chi connectivity index (χ0n) is 17.9. The standard InChI is InChI=1S/C24H26F3N5/c1-11-19-18(32-31-11)5-4-17-20(19)14-3-2-13(28)8-15(14)21(30-17)16(22(29)24(25,26)27)10-23-7-6-12(23)9-23/h4-5,12-13,16,29H,2-3,6-10,28H2,1H3,(H,31,32). The summed E-state index contributed by atoms with van der Waals surface area (Å²) in [6, 6.07) is 3.64. The molecule has 32 heavy (non-hydrogen) atoms. The zero-order chi connectivity index (χ0) is 22.4. The quantitative estimate of drug-likeness (QED) is 0.493. The van der Waals surface area contributed by atoms with Gasteiger partial charge in [0, 0.05) is 22.7 Å². The van der Waals surface area contributed by atoms with Crippen molar-refractivity contribution in [2.24, 2.45) is 17.1 Å². The summed E-state index contributed by atoms with van der Waals surface area (Å²) < 4.78 is 41.5. The van der Waals surface area contributed by atoms with Gasteiger partial charge < -0.3 is 5.73 Å². The van der Waals surface area contributed by atoms with Crippen molar-refractivity contribution in [1.82, 2.24) is 15.2 Å². The number of hydrogen-bond donors (Lipinski definition) is 3. The van der Waals surface area contributed by atoms with Gasteiger partial charge in [0.05, 0.1) is 22.4 Å². The summed E-state index contributed by atoms with van der Waals surface area (Å²) in [5.41, 5.74) is 9.85. The number of fused-ring (bicyclic) bond motifs is 6. The van der Waals surface area contributed by atoms with E-state index in [1.165, 1.54) is 0 Å². The molecule has 2 aromatic heterocycles. The van der Waals surface area contributed by atoms with Crippen LogP contribution in [0.25, 0.3) is 21.8 Å². The fourth-order valence-electron chi connectivity index (χ4n) is 6.33. The first-order chi connectivity index (χ1) is 15.2. The van der Waals surface area contributed by atoms with Crippen LogP contribution in [0.4, 0.5) is 13.2 Å². The summed E-state index contributed by atoms with van der Waals surface area (Å²) in [6.45, 7) is 1.93. The number of nitrogens with two attached hydrogens (primary N) is 1. The Labute approximate surface area is 183 Å². The number of H-pyrrole nitrogens is 1. The summed E-state index contributed by atoms with van der Waals surface area (Å²) in [7, 11) is 0. The first-order valence-corrected chi connectivity index (χ1v) is 11.4. The highest BCUT2D eigenvalue weighted by Gasteiger charge is 2.62. The van der Waals surface area contributed by atoms with Crippen LogP contribution in [0.5, 0.6) is 0 Å². The lowest BCUT2D eigenvalue weighted by Gasteiger charge is -2.33. The number of nitrogens with one attached hydrogen (secondary N) is 2. The Bertz CT molecular complexity index is 1270. The number of aromatic nitrogens is 3. The molecule has 168 valence electrons. The van der Waals surface area contributed by atoms with Gasteiger partial charge in [0.1, 0.15) is 5.71 Å². The fourth-order valence-corrected chi connectivity index (χ4v) is 6.33. The van der Waals surface area contributed by atoms with Crippen molar-refractivity contribution >= 4 is 27.5 Å². The number of pyridine rings is 1. The Balaban J connectivity index is 1.60. The first-order valence-electron chi connectivity index (χ1n) is 11.4. The molecule has 2 saturated carbocycles. The monoisotopic (exact) mass is 441 g/mol. The highest BCUT2D eigenvalue weighted by molar-refractivity contribution is 6.08. The maximum absolute atomic E-state index is 13.8. The Morgan fingerprint density at radius 3 is 2.75 bits per heavy atom. The summed E-state index contributed by atoms with van der Waals surface area (Å²) >= 11 is 0. The molecule has 0 amide bonds. The second-order valence-electron chi connectivity index (χ2n) is 10.1. The molecule has 3 aromatic rings. The second kappa shape index (κ2) is 6.53. The summed E-state index contributed by atoms with van der Waals surface area (Å²) in [6.07, 6.45) is 0.724. The molecular weight excluding hydrogens is 415 g/mol. The molecule has 0 bridgehead atoms. The third kappa shape index (κ3) is 2.84. The van der Waals surface area contributed by atoms with Crippen LogP contribution in [-0.4, -0.2) is 33.1 Å². The van der Waals surface area contributed by atoms with Gasteiger partial charge in [0.25, 0.3) is 0 Å². The van der Waals surface area contributed by atoms with Crippen LogP contribution < -0.4 is 5.73 Å². The molecule has 4 unspecified atom stereocenters. The van der Waals surface area contributed by atoms with Gasteiger partial charge in [0.15, 0.2) is 0 Å². The minimum atomic E-state index is -4.67. The largest absolute Gasteiger partial charge is 0.429 e. The van der Waals surface area contributed by atoms with Crippen LogP contribution >= 0.6 is 0 Å². The number of aryl methyl sites for hydroxylation is 2. The Morgan fingerprint density at radius 1 is 1.28 bits per heavy atom. The van der Waals surface area contributed by atoms with E-state index in [9.17, 15) is 13.2 Å². The van der Waals surface area contributed by atoms with Crippen LogP contribution in [0.2, 0.25) is 0 Å². The van der Waals surface area contributed by atoms with E-state index in [2.05, 4.69) is 10.2 Å². The lowest BCUT2D eigenvalue weighted by atomic mass is 9.73. The molecule has 0 spiro atoms. The highest BCUT2D eigenvalue weighted by atomic mass is 19.4. The fraction of sp³-hybridized carbons (Fsp3) is 0.542. The zero-order valence-corrected chi connectivity index (χ0v) is 17.9. The average molecular weight is 442 g/mol. The molecule has 6 rings (SSSR count). The van der Waals surface area contributed by atoms with Crippen molar-refractivity contribution in [2.75, 3.05) is 0 Å². The molecule has 5 nitrogen and oxygen atoms in total. The summed E-state index contributed by atoms with van der Waals surface area (Å²) in [4.78, 5) is 4.85. The van der Waals surface area contributed by atoms with Crippen molar-refractivity contribution in [2.45, 2.75) is 70.0 Å². The number of aromatic amines is 1. The highest BCUT2D eigenvalue weighted by Crippen LogP contribution is 2.71. The van der Waals surface area contributed by atoms with Gasteiger partial charge in [-0.05, 0) is 86.5 Å². The number of alkyl halides is 3. The van der Waals surface area contributed by atoms with Crippen LogP contribution in [-0.2, 0) is 12.8 Å². The Morgan fingerprint density at radius 2 is 2.09 bits per heavy atom. The van der Waals surface area contributed by atoms with E-state index >= 15 is 0 Å². The van der Waals surface area contributed by atoms with Crippen molar-refractivity contribution in [1.29, 1.82) is 5.41 Å². The van der Waals surface area contributed by atoms with Gasteiger partial charge in [-0.3, -0.25) is 15.5 Å². The van der Waals surface area contributed by atoms with Crippen molar-refractivity contribution < 1.29 is 13.2 Å². The van der Waals surface area contributed by atoms with E-state index in [1.807, 2.05) is 19.1 Å². The SMILES string of the molecule is Cc1n[nH]c2ccc3nc(C(CC45CCC4C5)C(=N)C(F)(F)F)c4c(c3c12)CCC(N)C4. The lowest BCUT2D eigenvalue weighted by molar-refractivity contribution is -0.0628. The topological polar surface area (TPSA) is 91.4 Å². The van der Waals surface area contributed by atoms with Crippen LogP contribution in [0.15, 0.2) is 12.1 Å². The van der Waals surface area contributed by atoms with Crippen LogP contribution in [0.1, 0.15) is 60.5 Å². The predicted molar refractivity (Wildman–Crippen MR) is 117 cm³/mol. The molecule has 0 saturated heterocycles. The predicted octanol–water partition coefficient (Wildman–Crippen LogP) is 5.09. The molecule has 3 aliphatic rings. The smallest absolute Gasteiger partial charge is 0.327 e. The van der Waals surface area contributed by atoms with Crippen molar-refractivity contribution in [3.63, 3.8) is 0 Å². The summed E-state index contributed by atoms with van der Waals surface area (Å²) in [5, 5.41) is 17.5. The van der Waals surface area contributed by atoms with Gasteiger partial charge in [-0.2, -0.15) is 18.3 Å². The van der Waals surface area contributed by atoms with Gasteiger partial charge in [0.2, 0.25) is 0 Å². The number of nitrogens with zero attached hydrogens (tertiary/aromatic N) is 2. The molecule has 2 fully saturated rings. The first kappa shape index (κ1) is 20.1. The van der Waals surface area contributed by atoms with Crippen LogP contribution in [0, 0.1) is 23.7 Å². The maximum atomic E-state index is 13.8. The number of rotatable bonds is 4. The van der Waals surface area contributed by atoms with Crippen LogP contribution in [0.3, 0.4) is 0 Å². The van der Waals surface area contributed by atoms with E-state index in [0.717, 1.165) is 58.8 Å². The van der Waals surface area contributed by atoms with E-state index < -0.39 is 17.8 Å². The third-order valence-electron chi connectivity index (χ3n) is 8.28. The minimum absolute atomic E-state index is 0.0202. The number of hydrogen-bond acceptors (Lipinski definition) is 4. The van der Waals surface area contributed by atoms with E-state index in [4.69, 9.17) is 16.1 Å². The van der Waals surface area contributed by atoms with Gasteiger partial charge in [-0.15, -0.1) is 0 Å². The molecule has 4 N–H and O–H groups in total. The van der Waals surface area contributed by atoms with Crippen molar-refractivity contribution in [3.05, 3.63) is 34.6 Å². The molecule has 8 heteroatoms. The second-order valence-corrected chi connectivity index (χ2v) is 10.1. The van der Waals surface area contributed by atoms with Gasteiger partial charge in [-0.1, -0.05) is 0 Å². The molecule has 4 atom stereocenters. The number of benzene rings is 1. The molecule has 3 aliphatic carbocycles. The Hall–Kier alpha value is -2.48. The number of halogens is 3. The van der Waals surface area contributed by atoms with E-state index in [1.54, 1.807) is 0 Å². The van der Waals surface area contributed by atoms with Gasteiger partial charge >= 0.3 is 6.18 Å². The molecular formula is C24H26F3N5. The summed E-state index contributed by atoms with van der Waals surface area (Å²) in [5.74, 6) is -0.511. The molecule has 1 aromatic carbocycles. The van der Waals surface area contributed by atoms with Gasteiger partial charge in [-0.25, -0.2) is 0 Å². The molecule has 2 heterocycles. The molecule has 0 radical (unpaired) electrons. The normalized spacial score (nSPS) is 27.7. The third-order valence-corrected chi connectivity index (χ3v) is 8.28. The molecule has 0 aliphatic heterocycles.